The van der Waals surface area contributed by atoms with Crippen molar-refractivity contribution in [1.82, 2.24) is 0 Å². The van der Waals surface area contributed by atoms with E-state index in [1.54, 1.807) is 0 Å². The first-order valence-electron chi connectivity index (χ1n) is 8.37. The Labute approximate surface area is 140 Å². The van der Waals surface area contributed by atoms with E-state index in [1.807, 2.05) is 36.4 Å². The molecule has 0 spiro atoms. The molecule has 0 aliphatic rings. The van der Waals surface area contributed by atoms with Gasteiger partial charge >= 0.3 is 0 Å². The third kappa shape index (κ3) is 4.01. The fourth-order valence-electron chi connectivity index (χ4n) is 2.70. The Hall–Kier alpha value is -2.09. The van der Waals surface area contributed by atoms with Crippen LogP contribution >= 0.6 is 0 Å². The van der Waals surface area contributed by atoms with Crippen molar-refractivity contribution in [3.63, 3.8) is 0 Å². The summed E-state index contributed by atoms with van der Waals surface area (Å²) in [4.78, 5) is 14.9. The molecule has 2 aromatic carbocycles. The van der Waals surface area contributed by atoms with E-state index in [0.29, 0.717) is 0 Å². The molecule has 0 aromatic heterocycles. The predicted molar refractivity (Wildman–Crippen MR) is 98.6 cm³/mol. The molecule has 0 unspecified atom stereocenters. The van der Waals surface area contributed by atoms with E-state index in [0.717, 1.165) is 29.9 Å². The number of ketones is 1. The van der Waals surface area contributed by atoms with Crippen LogP contribution in [0, 0.1) is 0 Å². The second-order valence-electron chi connectivity index (χ2n) is 6.88. The molecule has 0 saturated carbocycles. The van der Waals surface area contributed by atoms with Gasteiger partial charge in [0.1, 0.15) is 0 Å². The van der Waals surface area contributed by atoms with Gasteiger partial charge in [-0.25, -0.2) is 0 Å². The van der Waals surface area contributed by atoms with Crippen molar-refractivity contribution < 1.29 is 4.79 Å². The van der Waals surface area contributed by atoms with Crippen molar-refractivity contribution in [1.29, 1.82) is 0 Å². The molecule has 0 aliphatic carbocycles. The molecule has 0 aliphatic heterocycles. The fourth-order valence-corrected chi connectivity index (χ4v) is 2.70. The Balaban J connectivity index is 2.20. The molecular formula is C21H27NO. The zero-order chi connectivity index (χ0) is 17.0. The SMILES string of the molecule is CCN(CC)c1ccc(C(=O)c2ccc(C(C)(C)C)cc2)cc1. The minimum atomic E-state index is 0.0801. The van der Waals surface area contributed by atoms with Gasteiger partial charge in [-0.15, -0.1) is 0 Å². The van der Waals surface area contributed by atoms with Gasteiger partial charge in [-0.3, -0.25) is 4.79 Å². The molecule has 0 heterocycles. The summed E-state index contributed by atoms with van der Waals surface area (Å²) in [6.07, 6.45) is 0. The van der Waals surface area contributed by atoms with E-state index in [1.165, 1.54) is 5.56 Å². The van der Waals surface area contributed by atoms with Gasteiger partial charge in [0.15, 0.2) is 5.78 Å². The third-order valence-electron chi connectivity index (χ3n) is 4.27. The van der Waals surface area contributed by atoms with E-state index in [9.17, 15) is 4.79 Å². The highest BCUT2D eigenvalue weighted by Gasteiger charge is 2.15. The first kappa shape index (κ1) is 17.3. The monoisotopic (exact) mass is 309 g/mol. The summed E-state index contributed by atoms with van der Waals surface area (Å²) in [6, 6.07) is 15.9. The molecular weight excluding hydrogens is 282 g/mol. The maximum absolute atomic E-state index is 12.6. The van der Waals surface area contributed by atoms with Crippen LogP contribution in [-0.4, -0.2) is 18.9 Å². The Morgan fingerprint density at radius 1 is 0.826 bits per heavy atom. The largest absolute Gasteiger partial charge is 0.372 e. The molecule has 122 valence electrons. The molecule has 2 aromatic rings. The number of benzene rings is 2. The van der Waals surface area contributed by atoms with Crippen molar-refractivity contribution in [2.45, 2.75) is 40.0 Å². The zero-order valence-corrected chi connectivity index (χ0v) is 14.9. The fraction of sp³-hybridized carbons (Fsp3) is 0.381. The molecule has 2 nitrogen and oxygen atoms in total. The molecule has 0 atom stereocenters. The van der Waals surface area contributed by atoms with E-state index in [2.05, 4.69) is 51.7 Å². The molecule has 0 saturated heterocycles. The second-order valence-corrected chi connectivity index (χ2v) is 6.88. The van der Waals surface area contributed by atoms with Crippen molar-refractivity contribution in [3.05, 3.63) is 65.2 Å². The predicted octanol–water partition coefficient (Wildman–Crippen LogP) is 5.06. The van der Waals surface area contributed by atoms with Gasteiger partial charge in [0.25, 0.3) is 0 Å². The number of anilines is 1. The lowest BCUT2D eigenvalue weighted by Crippen LogP contribution is -2.21. The zero-order valence-electron chi connectivity index (χ0n) is 14.9. The van der Waals surface area contributed by atoms with E-state index in [4.69, 9.17) is 0 Å². The number of rotatable bonds is 5. The highest BCUT2D eigenvalue weighted by molar-refractivity contribution is 6.09. The van der Waals surface area contributed by atoms with E-state index in [-0.39, 0.29) is 11.2 Å². The van der Waals surface area contributed by atoms with Gasteiger partial charge in [0.05, 0.1) is 0 Å². The Morgan fingerprint density at radius 3 is 1.65 bits per heavy atom. The van der Waals surface area contributed by atoms with E-state index >= 15 is 0 Å². The average molecular weight is 309 g/mol. The van der Waals surface area contributed by atoms with Crippen molar-refractivity contribution >= 4 is 11.5 Å². The van der Waals surface area contributed by atoms with Gasteiger partial charge < -0.3 is 4.90 Å². The topological polar surface area (TPSA) is 20.3 Å². The lowest BCUT2D eigenvalue weighted by atomic mass is 9.86. The van der Waals surface area contributed by atoms with Gasteiger partial charge in [0.2, 0.25) is 0 Å². The van der Waals surface area contributed by atoms with E-state index < -0.39 is 0 Å². The molecule has 2 heteroatoms. The summed E-state index contributed by atoms with van der Waals surface area (Å²) in [5.74, 6) is 0.0801. The molecule has 0 fully saturated rings. The smallest absolute Gasteiger partial charge is 0.193 e. The van der Waals surface area contributed by atoms with Crippen molar-refractivity contribution in [2.75, 3.05) is 18.0 Å². The molecule has 2 rings (SSSR count). The van der Waals surface area contributed by atoms with Crippen LogP contribution in [0.15, 0.2) is 48.5 Å². The third-order valence-corrected chi connectivity index (χ3v) is 4.27. The summed E-state index contributed by atoms with van der Waals surface area (Å²) in [5, 5.41) is 0. The number of hydrogen-bond donors (Lipinski definition) is 0. The molecule has 0 radical (unpaired) electrons. The molecule has 0 amide bonds. The summed E-state index contributed by atoms with van der Waals surface area (Å²) in [6.45, 7) is 12.7. The standard InChI is InChI=1S/C21H27NO/c1-6-22(7-2)19-14-10-17(11-15-19)20(23)16-8-12-18(13-9-16)21(3,4)5/h8-15H,6-7H2,1-5H3. The number of nitrogens with zero attached hydrogens (tertiary/aromatic N) is 1. The first-order chi connectivity index (χ1) is 10.9. The minimum absolute atomic E-state index is 0.0801. The first-order valence-corrected chi connectivity index (χ1v) is 8.37. The number of carbonyl (C=O) groups excluding carboxylic acids is 1. The summed E-state index contributed by atoms with van der Waals surface area (Å²) >= 11 is 0. The van der Waals surface area contributed by atoms with Gasteiger partial charge in [-0.1, -0.05) is 45.0 Å². The maximum Gasteiger partial charge on any atom is 0.193 e. The van der Waals surface area contributed by atoms with Crippen LogP contribution in [0.2, 0.25) is 0 Å². The number of carbonyl (C=O) groups is 1. The van der Waals surface area contributed by atoms with Gasteiger partial charge in [-0.05, 0) is 49.1 Å². The summed E-state index contributed by atoms with van der Waals surface area (Å²) in [5.41, 5.74) is 3.99. The molecule has 23 heavy (non-hydrogen) atoms. The summed E-state index contributed by atoms with van der Waals surface area (Å²) in [7, 11) is 0. The van der Waals surface area contributed by atoms with Crippen molar-refractivity contribution in [3.8, 4) is 0 Å². The van der Waals surface area contributed by atoms with Crippen molar-refractivity contribution in [2.24, 2.45) is 0 Å². The van der Waals surface area contributed by atoms with Crippen LogP contribution < -0.4 is 4.90 Å². The van der Waals surface area contributed by atoms with Crippen LogP contribution in [-0.2, 0) is 5.41 Å². The Morgan fingerprint density at radius 2 is 1.26 bits per heavy atom. The van der Waals surface area contributed by atoms with Crippen LogP contribution in [0.25, 0.3) is 0 Å². The van der Waals surface area contributed by atoms with Gasteiger partial charge in [0, 0.05) is 29.9 Å². The summed E-state index contributed by atoms with van der Waals surface area (Å²) < 4.78 is 0. The highest BCUT2D eigenvalue weighted by Crippen LogP contribution is 2.23. The minimum Gasteiger partial charge on any atom is -0.372 e. The molecule has 0 N–H and O–H groups in total. The molecule has 0 bridgehead atoms. The lowest BCUT2D eigenvalue weighted by molar-refractivity contribution is 0.103. The van der Waals surface area contributed by atoms with Gasteiger partial charge in [-0.2, -0.15) is 0 Å². The van der Waals surface area contributed by atoms with Crippen LogP contribution in [0.3, 0.4) is 0 Å². The maximum atomic E-state index is 12.6. The van der Waals surface area contributed by atoms with Crippen LogP contribution in [0.1, 0.15) is 56.1 Å². The lowest BCUT2D eigenvalue weighted by Gasteiger charge is -2.21. The van der Waals surface area contributed by atoms with Crippen LogP contribution in [0.5, 0.6) is 0 Å². The Bertz CT molecular complexity index is 644. The Kier molecular flexibility index (Phi) is 5.25. The highest BCUT2D eigenvalue weighted by atomic mass is 16.1. The second kappa shape index (κ2) is 6.99. The quantitative estimate of drug-likeness (QED) is 0.719. The average Bonchev–Trinajstić information content (AvgIpc) is 2.55. The number of hydrogen-bond acceptors (Lipinski definition) is 2. The van der Waals surface area contributed by atoms with Crippen LogP contribution in [0.4, 0.5) is 5.69 Å². The normalized spacial score (nSPS) is 11.3.